The van der Waals surface area contributed by atoms with E-state index in [2.05, 4.69) is 5.32 Å². The normalized spacial score (nSPS) is 14.0. The van der Waals surface area contributed by atoms with Gasteiger partial charge in [0.25, 0.3) is 10.0 Å². The molecule has 0 aliphatic heterocycles. The fourth-order valence-electron chi connectivity index (χ4n) is 6.09. The summed E-state index contributed by atoms with van der Waals surface area (Å²) in [7, 11) is -4.21. The van der Waals surface area contributed by atoms with E-state index in [9.17, 15) is 18.0 Å². The van der Waals surface area contributed by atoms with Gasteiger partial charge in [0.2, 0.25) is 11.8 Å². The minimum Gasteiger partial charge on any atom is -0.352 e. The number of hydrogen-bond donors (Lipinski definition) is 1. The maximum Gasteiger partial charge on any atom is 0.264 e. The first kappa shape index (κ1) is 35.5. The Morgan fingerprint density at radius 3 is 2.19 bits per heavy atom. The van der Waals surface area contributed by atoms with E-state index < -0.39 is 28.5 Å². The van der Waals surface area contributed by atoms with Gasteiger partial charge in [-0.05, 0) is 86.2 Å². The predicted octanol–water partition coefficient (Wildman–Crippen LogP) is 7.81. The summed E-state index contributed by atoms with van der Waals surface area (Å²) >= 11 is 12.8. The molecule has 4 aromatic carbocycles. The highest BCUT2D eigenvalue weighted by Crippen LogP contribution is 2.30. The Kier molecular flexibility index (Phi) is 11.5. The first-order valence-electron chi connectivity index (χ1n) is 16.2. The number of rotatable bonds is 12. The van der Waals surface area contributed by atoms with Crippen molar-refractivity contribution < 1.29 is 18.0 Å². The molecular weight excluding hydrogens is 665 g/mol. The van der Waals surface area contributed by atoms with Crippen LogP contribution < -0.4 is 9.62 Å². The summed E-state index contributed by atoms with van der Waals surface area (Å²) in [6.45, 7) is 5.00. The number of hydrogen-bond acceptors (Lipinski definition) is 4. The maximum atomic E-state index is 14.8. The SMILES string of the molecule is Cc1ccc(S(=O)(=O)N(CC(=O)N(Cc2ccc(Cl)cc2Cl)C(Cc2ccccc2)C(=O)NC2CCCC2)c2cc(C)ccc2C)cc1. The molecule has 1 N–H and O–H groups in total. The highest BCUT2D eigenvalue weighted by atomic mass is 35.5. The van der Waals surface area contributed by atoms with Gasteiger partial charge in [-0.25, -0.2) is 8.42 Å². The van der Waals surface area contributed by atoms with Crippen molar-refractivity contribution in [1.82, 2.24) is 10.2 Å². The van der Waals surface area contributed by atoms with Gasteiger partial charge < -0.3 is 10.2 Å². The topological polar surface area (TPSA) is 86.8 Å². The van der Waals surface area contributed by atoms with Gasteiger partial charge in [-0.3, -0.25) is 13.9 Å². The largest absolute Gasteiger partial charge is 0.352 e. The molecule has 1 aliphatic rings. The van der Waals surface area contributed by atoms with E-state index in [-0.39, 0.29) is 29.8 Å². The van der Waals surface area contributed by atoms with Crippen LogP contribution in [0, 0.1) is 20.8 Å². The average Bonchev–Trinajstić information content (AvgIpc) is 3.57. The van der Waals surface area contributed by atoms with Crippen molar-refractivity contribution in [2.24, 2.45) is 0 Å². The van der Waals surface area contributed by atoms with Gasteiger partial charge in [0.15, 0.2) is 0 Å². The zero-order chi connectivity index (χ0) is 34.4. The lowest BCUT2D eigenvalue weighted by Crippen LogP contribution is -2.54. The molecule has 0 aromatic heterocycles. The van der Waals surface area contributed by atoms with Crippen molar-refractivity contribution in [1.29, 1.82) is 0 Å². The molecule has 4 aromatic rings. The molecule has 1 saturated carbocycles. The van der Waals surface area contributed by atoms with Crippen LogP contribution in [-0.4, -0.2) is 43.8 Å². The Labute approximate surface area is 293 Å². The average molecular weight is 707 g/mol. The number of halogens is 2. The molecule has 48 heavy (non-hydrogen) atoms. The number of amides is 2. The van der Waals surface area contributed by atoms with Crippen LogP contribution >= 0.6 is 23.2 Å². The number of nitrogens with one attached hydrogen (secondary N) is 1. The Hall–Kier alpha value is -3.85. The minimum absolute atomic E-state index is 0.0141. The van der Waals surface area contributed by atoms with Gasteiger partial charge in [-0.2, -0.15) is 0 Å². The summed E-state index contributed by atoms with van der Waals surface area (Å²) in [5.74, 6) is -0.830. The molecule has 7 nitrogen and oxygen atoms in total. The van der Waals surface area contributed by atoms with Crippen LogP contribution in [0.15, 0.2) is 95.9 Å². The standard InChI is InChI=1S/C38H41Cl2N3O4S/c1-26-14-19-33(20-15-26)48(46,47)43(35-21-27(2)13-16-28(35)3)25-37(44)42(24-30-17-18-31(39)23-34(30)40)36(22-29-9-5-4-6-10-29)38(45)41-32-11-7-8-12-32/h4-6,9-10,13-21,23,32,36H,7-8,11-12,22,24-25H2,1-3H3,(H,41,45). The van der Waals surface area contributed by atoms with Crippen molar-refractivity contribution in [3.8, 4) is 0 Å². The molecule has 0 radical (unpaired) electrons. The van der Waals surface area contributed by atoms with Crippen LogP contribution in [0.4, 0.5) is 5.69 Å². The summed E-state index contributed by atoms with van der Waals surface area (Å²) in [6.07, 6.45) is 4.02. The Morgan fingerprint density at radius 1 is 0.854 bits per heavy atom. The van der Waals surface area contributed by atoms with Crippen molar-refractivity contribution in [3.63, 3.8) is 0 Å². The Balaban J connectivity index is 1.61. The second-order valence-corrected chi connectivity index (χ2v) is 15.3. The zero-order valence-electron chi connectivity index (χ0n) is 27.5. The molecule has 5 rings (SSSR count). The summed E-state index contributed by atoms with van der Waals surface area (Å²) in [5, 5.41) is 3.97. The van der Waals surface area contributed by atoms with E-state index >= 15 is 0 Å². The lowest BCUT2D eigenvalue weighted by Gasteiger charge is -2.35. The molecule has 1 fully saturated rings. The van der Waals surface area contributed by atoms with Gasteiger partial charge in [-0.1, -0.05) is 102 Å². The first-order chi connectivity index (χ1) is 22.9. The molecular formula is C38H41Cl2N3O4S. The van der Waals surface area contributed by atoms with Crippen molar-refractivity contribution in [2.45, 2.75) is 76.4 Å². The number of benzene rings is 4. The fraction of sp³-hybridized carbons (Fsp3) is 0.316. The predicted molar refractivity (Wildman–Crippen MR) is 193 cm³/mol. The van der Waals surface area contributed by atoms with Crippen LogP contribution in [0.3, 0.4) is 0 Å². The summed E-state index contributed by atoms with van der Waals surface area (Å²) in [6, 6.07) is 25.6. The van der Waals surface area contributed by atoms with E-state index in [0.29, 0.717) is 26.9 Å². The van der Waals surface area contributed by atoms with Gasteiger partial charge >= 0.3 is 0 Å². The molecule has 1 unspecified atom stereocenters. The number of carbonyl (C=O) groups excluding carboxylic acids is 2. The molecule has 1 aliphatic carbocycles. The first-order valence-corrected chi connectivity index (χ1v) is 18.4. The lowest BCUT2D eigenvalue weighted by atomic mass is 10.0. The van der Waals surface area contributed by atoms with E-state index in [0.717, 1.165) is 46.7 Å². The van der Waals surface area contributed by atoms with Crippen LogP contribution in [0.25, 0.3) is 0 Å². The number of carbonyl (C=O) groups is 2. The highest BCUT2D eigenvalue weighted by Gasteiger charge is 2.36. The Bertz CT molecular complexity index is 1860. The molecule has 0 spiro atoms. The molecule has 0 bridgehead atoms. The number of anilines is 1. The third-order valence-electron chi connectivity index (χ3n) is 8.85. The lowest BCUT2D eigenvalue weighted by molar-refractivity contribution is -0.140. The number of aryl methyl sites for hydroxylation is 3. The number of sulfonamides is 1. The van der Waals surface area contributed by atoms with Gasteiger partial charge in [0.1, 0.15) is 12.6 Å². The molecule has 0 heterocycles. The third kappa shape index (κ3) is 8.59. The van der Waals surface area contributed by atoms with E-state index in [4.69, 9.17) is 23.2 Å². The summed E-state index contributed by atoms with van der Waals surface area (Å²) in [4.78, 5) is 30.5. The summed E-state index contributed by atoms with van der Waals surface area (Å²) < 4.78 is 29.9. The maximum absolute atomic E-state index is 14.8. The smallest absolute Gasteiger partial charge is 0.264 e. The minimum atomic E-state index is -4.21. The van der Waals surface area contributed by atoms with Crippen LogP contribution in [-0.2, 0) is 32.6 Å². The van der Waals surface area contributed by atoms with Crippen LogP contribution in [0.2, 0.25) is 10.0 Å². The van der Waals surface area contributed by atoms with E-state index in [1.807, 2.05) is 63.2 Å². The van der Waals surface area contributed by atoms with E-state index in [1.165, 1.54) is 4.90 Å². The molecule has 10 heteroatoms. The number of nitrogens with zero attached hydrogens (tertiary/aromatic N) is 2. The van der Waals surface area contributed by atoms with E-state index in [1.54, 1.807) is 48.5 Å². The van der Waals surface area contributed by atoms with Crippen molar-refractivity contribution >= 4 is 50.7 Å². The zero-order valence-corrected chi connectivity index (χ0v) is 29.8. The molecule has 1 atom stereocenters. The molecule has 252 valence electrons. The van der Waals surface area contributed by atoms with Crippen molar-refractivity contribution in [3.05, 3.63) is 129 Å². The highest BCUT2D eigenvalue weighted by molar-refractivity contribution is 7.92. The van der Waals surface area contributed by atoms with Crippen LogP contribution in [0.1, 0.15) is 53.5 Å². The fourth-order valence-corrected chi connectivity index (χ4v) is 8.03. The molecule has 2 amide bonds. The van der Waals surface area contributed by atoms with Gasteiger partial charge in [0, 0.05) is 29.1 Å². The van der Waals surface area contributed by atoms with Gasteiger partial charge in [-0.15, -0.1) is 0 Å². The second-order valence-electron chi connectivity index (χ2n) is 12.6. The second kappa shape index (κ2) is 15.6. The quantitative estimate of drug-likeness (QED) is 0.163. The van der Waals surface area contributed by atoms with Crippen LogP contribution in [0.5, 0.6) is 0 Å². The molecule has 0 saturated heterocycles. The third-order valence-corrected chi connectivity index (χ3v) is 11.2. The van der Waals surface area contributed by atoms with Gasteiger partial charge in [0.05, 0.1) is 10.6 Å². The monoisotopic (exact) mass is 705 g/mol. The summed E-state index contributed by atoms with van der Waals surface area (Å²) in [5.41, 5.74) is 4.28. The van der Waals surface area contributed by atoms with Crippen molar-refractivity contribution in [2.75, 3.05) is 10.8 Å². The Morgan fingerprint density at radius 2 is 1.52 bits per heavy atom.